The van der Waals surface area contributed by atoms with E-state index in [2.05, 4.69) is 27.8 Å². The largest absolute Gasteiger partial charge is 0.330 e. The van der Waals surface area contributed by atoms with Crippen LogP contribution in [0, 0.1) is 0 Å². The molecular weight excluding hydrogens is 164 g/mol. The predicted octanol–water partition coefficient (Wildman–Crippen LogP) is -0.129. The first-order valence-electron chi connectivity index (χ1n) is 4.72. The van der Waals surface area contributed by atoms with Crippen LogP contribution in [0.2, 0.25) is 0 Å². The average Bonchev–Trinajstić information content (AvgIpc) is 2.48. The van der Waals surface area contributed by atoms with Crippen LogP contribution in [0.15, 0.2) is 12.3 Å². The first kappa shape index (κ1) is 8.72. The highest BCUT2D eigenvalue weighted by molar-refractivity contribution is 5.04. The summed E-state index contributed by atoms with van der Waals surface area (Å²) < 4.78 is 2.12. The van der Waals surface area contributed by atoms with E-state index in [1.54, 1.807) is 0 Å². The fraction of sp³-hybridized carbons (Fsp3) is 0.667. The van der Waals surface area contributed by atoms with Gasteiger partial charge in [0.25, 0.3) is 0 Å². The van der Waals surface area contributed by atoms with Crippen molar-refractivity contribution in [3.05, 3.63) is 18.0 Å². The number of nitrogens with zero attached hydrogens (tertiary/aromatic N) is 3. The Bertz CT molecular complexity index is 275. The summed E-state index contributed by atoms with van der Waals surface area (Å²) in [5.41, 5.74) is 6.79. The highest BCUT2D eigenvalue weighted by atomic mass is 15.4. The molecule has 0 unspecified atom stereocenters. The van der Waals surface area contributed by atoms with Gasteiger partial charge in [0.2, 0.25) is 0 Å². The quantitative estimate of drug-likeness (QED) is 0.705. The van der Waals surface area contributed by atoms with Crippen molar-refractivity contribution in [1.82, 2.24) is 14.7 Å². The topological polar surface area (TPSA) is 47.1 Å². The maximum atomic E-state index is 5.52. The standard InChI is InChI=1S/C9H16N4/c1-12-6-9(7-12)13-8(2-4-10)3-5-11-13/h3,5,9H,2,4,6-7,10H2,1H3. The highest BCUT2D eigenvalue weighted by Gasteiger charge is 2.26. The molecule has 0 radical (unpaired) electrons. The molecule has 2 heterocycles. The molecule has 1 aromatic rings. The Hall–Kier alpha value is -0.870. The molecular formula is C9H16N4. The molecule has 13 heavy (non-hydrogen) atoms. The zero-order valence-corrected chi connectivity index (χ0v) is 7.98. The van der Waals surface area contributed by atoms with E-state index in [0.717, 1.165) is 19.5 Å². The van der Waals surface area contributed by atoms with Gasteiger partial charge in [0.1, 0.15) is 0 Å². The van der Waals surface area contributed by atoms with E-state index < -0.39 is 0 Å². The molecule has 4 nitrogen and oxygen atoms in total. The van der Waals surface area contributed by atoms with Gasteiger partial charge in [0.05, 0.1) is 6.04 Å². The van der Waals surface area contributed by atoms with Crippen molar-refractivity contribution in [3.8, 4) is 0 Å². The van der Waals surface area contributed by atoms with Crippen molar-refractivity contribution in [1.29, 1.82) is 0 Å². The lowest BCUT2D eigenvalue weighted by Gasteiger charge is -2.37. The van der Waals surface area contributed by atoms with E-state index in [1.165, 1.54) is 5.69 Å². The van der Waals surface area contributed by atoms with Crippen LogP contribution in [0.3, 0.4) is 0 Å². The van der Waals surface area contributed by atoms with Gasteiger partial charge in [0.15, 0.2) is 0 Å². The van der Waals surface area contributed by atoms with Crippen LogP contribution in [0.1, 0.15) is 11.7 Å². The van der Waals surface area contributed by atoms with Crippen LogP contribution in [0.4, 0.5) is 0 Å². The van der Waals surface area contributed by atoms with E-state index >= 15 is 0 Å². The van der Waals surface area contributed by atoms with Gasteiger partial charge in [0, 0.05) is 31.4 Å². The smallest absolute Gasteiger partial charge is 0.0775 e. The van der Waals surface area contributed by atoms with Crippen LogP contribution in [0.5, 0.6) is 0 Å². The van der Waals surface area contributed by atoms with Gasteiger partial charge < -0.3 is 10.6 Å². The van der Waals surface area contributed by atoms with Crippen LogP contribution in [0.25, 0.3) is 0 Å². The van der Waals surface area contributed by atoms with Crippen molar-refractivity contribution in [2.45, 2.75) is 12.5 Å². The molecule has 1 fully saturated rings. The molecule has 72 valence electrons. The number of nitrogens with two attached hydrogens (primary N) is 1. The zero-order chi connectivity index (χ0) is 9.26. The number of hydrogen-bond donors (Lipinski definition) is 1. The van der Waals surface area contributed by atoms with Crippen LogP contribution >= 0.6 is 0 Å². The Morgan fingerprint density at radius 1 is 1.62 bits per heavy atom. The van der Waals surface area contributed by atoms with Gasteiger partial charge in [-0.25, -0.2) is 0 Å². The summed E-state index contributed by atoms with van der Waals surface area (Å²) in [6.45, 7) is 2.92. The molecule has 0 atom stereocenters. The Morgan fingerprint density at radius 3 is 3.00 bits per heavy atom. The van der Waals surface area contributed by atoms with E-state index in [9.17, 15) is 0 Å². The van der Waals surface area contributed by atoms with Gasteiger partial charge in [-0.05, 0) is 19.7 Å². The Balaban J connectivity index is 2.06. The van der Waals surface area contributed by atoms with Gasteiger partial charge in [-0.15, -0.1) is 0 Å². The molecule has 0 spiro atoms. The van der Waals surface area contributed by atoms with E-state index in [0.29, 0.717) is 12.6 Å². The summed E-state index contributed by atoms with van der Waals surface area (Å²) in [5, 5.41) is 4.33. The average molecular weight is 180 g/mol. The molecule has 4 heteroatoms. The lowest BCUT2D eigenvalue weighted by molar-refractivity contribution is 0.128. The monoisotopic (exact) mass is 180 g/mol. The molecule has 0 aromatic carbocycles. The number of likely N-dealkylation sites (tertiary alicyclic amines) is 1. The minimum Gasteiger partial charge on any atom is -0.330 e. The lowest BCUT2D eigenvalue weighted by atomic mass is 10.1. The second kappa shape index (κ2) is 3.47. The lowest BCUT2D eigenvalue weighted by Crippen LogP contribution is -2.45. The van der Waals surface area contributed by atoms with E-state index in [-0.39, 0.29) is 0 Å². The molecule has 2 rings (SSSR count). The SMILES string of the molecule is CN1CC(n2nccc2CCN)C1. The van der Waals surface area contributed by atoms with Crippen molar-refractivity contribution in [3.63, 3.8) is 0 Å². The molecule has 0 aliphatic carbocycles. The first-order chi connectivity index (χ1) is 6.31. The molecule has 0 saturated carbocycles. The molecule has 1 saturated heterocycles. The Kier molecular flexibility index (Phi) is 2.33. The summed E-state index contributed by atoms with van der Waals surface area (Å²) in [6, 6.07) is 2.63. The number of rotatable bonds is 3. The second-order valence-electron chi connectivity index (χ2n) is 3.68. The Labute approximate surface area is 78.3 Å². The molecule has 2 N–H and O–H groups in total. The summed E-state index contributed by atoms with van der Waals surface area (Å²) in [6.07, 6.45) is 2.80. The minimum absolute atomic E-state index is 0.571. The summed E-state index contributed by atoms with van der Waals surface area (Å²) in [7, 11) is 2.13. The first-order valence-corrected chi connectivity index (χ1v) is 4.72. The van der Waals surface area contributed by atoms with Gasteiger partial charge >= 0.3 is 0 Å². The second-order valence-corrected chi connectivity index (χ2v) is 3.68. The zero-order valence-electron chi connectivity index (χ0n) is 7.98. The van der Waals surface area contributed by atoms with Crippen LogP contribution in [-0.4, -0.2) is 41.4 Å². The fourth-order valence-corrected chi connectivity index (χ4v) is 1.84. The van der Waals surface area contributed by atoms with Crippen molar-refractivity contribution >= 4 is 0 Å². The molecule has 1 aliphatic rings. The number of aromatic nitrogens is 2. The predicted molar refractivity (Wildman–Crippen MR) is 51.5 cm³/mol. The number of likely N-dealkylation sites (N-methyl/N-ethyl adjacent to an activating group) is 1. The third-order valence-electron chi connectivity index (χ3n) is 2.54. The van der Waals surface area contributed by atoms with Crippen molar-refractivity contribution in [2.75, 3.05) is 26.7 Å². The third kappa shape index (κ3) is 1.59. The molecule has 1 aromatic heterocycles. The third-order valence-corrected chi connectivity index (χ3v) is 2.54. The van der Waals surface area contributed by atoms with E-state index in [1.807, 2.05) is 6.20 Å². The van der Waals surface area contributed by atoms with Crippen molar-refractivity contribution < 1.29 is 0 Å². The van der Waals surface area contributed by atoms with E-state index in [4.69, 9.17) is 5.73 Å². The Morgan fingerprint density at radius 2 is 2.38 bits per heavy atom. The molecule has 1 aliphatic heterocycles. The van der Waals surface area contributed by atoms with Gasteiger partial charge in [-0.1, -0.05) is 0 Å². The minimum atomic E-state index is 0.571. The maximum Gasteiger partial charge on any atom is 0.0775 e. The fourth-order valence-electron chi connectivity index (χ4n) is 1.84. The van der Waals surface area contributed by atoms with Gasteiger partial charge in [-0.2, -0.15) is 5.10 Å². The maximum absolute atomic E-state index is 5.52. The van der Waals surface area contributed by atoms with Crippen LogP contribution < -0.4 is 5.73 Å². The summed E-state index contributed by atoms with van der Waals surface area (Å²) in [4.78, 5) is 2.29. The normalized spacial score (nSPS) is 18.9. The number of hydrogen-bond acceptors (Lipinski definition) is 3. The highest BCUT2D eigenvalue weighted by Crippen LogP contribution is 2.19. The van der Waals surface area contributed by atoms with Crippen LogP contribution in [-0.2, 0) is 6.42 Å². The van der Waals surface area contributed by atoms with Crippen molar-refractivity contribution in [2.24, 2.45) is 5.73 Å². The summed E-state index contributed by atoms with van der Waals surface area (Å²) >= 11 is 0. The molecule has 0 bridgehead atoms. The molecule has 0 amide bonds. The van der Waals surface area contributed by atoms with Gasteiger partial charge in [-0.3, -0.25) is 4.68 Å². The summed E-state index contributed by atoms with van der Waals surface area (Å²) in [5.74, 6) is 0.